The Labute approximate surface area is 155 Å². The Balaban J connectivity index is 2.08. The van der Waals surface area contributed by atoms with E-state index in [4.69, 9.17) is 4.74 Å². The zero-order valence-corrected chi connectivity index (χ0v) is 15.0. The zero-order valence-electron chi connectivity index (χ0n) is 15.0. The summed E-state index contributed by atoms with van der Waals surface area (Å²) >= 11 is 0. The monoisotopic (exact) mass is 372 g/mol. The number of carbonyl (C=O) groups is 2. The summed E-state index contributed by atoms with van der Waals surface area (Å²) in [5.74, 6) is -1.19. The molecule has 2 aromatic carbocycles. The third-order valence-electron chi connectivity index (χ3n) is 4.06. The van der Waals surface area contributed by atoms with Crippen molar-refractivity contribution in [3.63, 3.8) is 0 Å². The number of nitrogens with one attached hydrogen (secondary N) is 1. The number of aromatic carboxylic acids is 1. The standard InChI is InChI=1S/C19H20N2O6/c1-19(2,12-20-18(24)27-11-13-6-4-3-5-7-13)16-10-14(21(25)26)8-9-15(16)17(22)23/h3-10H,11-12H2,1-2H3,(H,20,24)(H,22,23). The quantitative estimate of drug-likeness (QED) is 0.567. The van der Waals surface area contributed by atoms with Gasteiger partial charge in [-0.3, -0.25) is 10.1 Å². The molecule has 0 atom stereocenters. The van der Waals surface area contributed by atoms with Gasteiger partial charge < -0.3 is 15.2 Å². The smallest absolute Gasteiger partial charge is 0.407 e. The van der Waals surface area contributed by atoms with Crippen LogP contribution in [0.3, 0.4) is 0 Å². The summed E-state index contributed by atoms with van der Waals surface area (Å²) in [5, 5.41) is 23.0. The van der Waals surface area contributed by atoms with Crippen molar-refractivity contribution in [2.45, 2.75) is 25.9 Å². The molecule has 0 aliphatic heterocycles. The van der Waals surface area contributed by atoms with E-state index in [1.807, 2.05) is 30.3 Å². The molecule has 0 spiro atoms. The zero-order chi connectivity index (χ0) is 20.0. The van der Waals surface area contributed by atoms with Crippen molar-refractivity contribution in [3.8, 4) is 0 Å². The lowest BCUT2D eigenvalue weighted by atomic mass is 9.81. The Morgan fingerprint density at radius 1 is 1.19 bits per heavy atom. The van der Waals surface area contributed by atoms with E-state index in [0.717, 1.165) is 11.6 Å². The van der Waals surface area contributed by atoms with Gasteiger partial charge in [0, 0.05) is 24.1 Å². The fourth-order valence-corrected chi connectivity index (χ4v) is 2.55. The highest BCUT2D eigenvalue weighted by Gasteiger charge is 2.29. The second-order valence-corrected chi connectivity index (χ2v) is 6.59. The highest BCUT2D eigenvalue weighted by atomic mass is 16.6. The maximum Gasteiger partial charge on any atom is 0.407 e. The van der Waals surface area contributed by atoms with Crippen molar-refractivity contribution in [2.75, 3.05) is 6.54 Å². The Morgan fingerprint density at radius 2 is 1.85 bits per heavy atom. The van der Waals surface area contributed by atoms with Gasteiger partial charge in [-0.15, -0.1) is 0 Å². The van der Waals surface area contributed by atoms with Crippen molar-refractivity contribution < 1.29 is 24.4 Å². The molecule has 0 saturated heterocycles. The molecule has 0 unspecified atom stereocenters. The highest BCUT2D eigenvalue weighted by molar-refractivity contribution is 5.90. The number of hydrogen-bond donors (Lipinski definition) is 2. The van der Waals surface area contributed by atoms with E-state index in [-0.39, 0.29) is 30.0 Å². The third kappa shape index (κ3) is 5.27. The van der Waals surface area contributed by atoms with Crippen molar-refractivity contribution in [3.05, 3.63) is 75.3 Å². The number of carboxylic acid groups (broad SMARTS) is 1. The average molecular weight is 372 g/mol. The SMILES string of the molecule is CC(C)(CNC(=O)OCc1ccccc1)c1cc([N+](=O)[O-])ccc1C(=O)O. The number of carboxylic acids is 1. The minimum Gasteiger partial charge on any atom is -0.478 e. The van der Waals surface area contributed by atoms with Crippen LogP contribution < -0.4 is 5.32 Å². The van der Waals surface area contributed by atoms with E-state index in [1.54, 1.807) is 13.8 Å². The van der Waals surface area contributed by atoms with Gasteiger partial charge in [0.15, 0.2) is 0 Å². The average Bonchev–Trinajstić information content (AvgIpc) is 2.65. The topological polar surface area (TPSA) is 119 Å². The van der Waals surface area contributed by atoms with Crippen molar-refractivity contribution in [1.82, 2.24) is 5.32 Å². The summed E-state index contributed by atoms with van der Waals surface area (Å²) in [6.07, 6.45) is -0.658. The number of carbonyl (C=O) groups excluding carboxylic acids is 1. The number of benzene rings is 2. The van der Waals surface area contributed by atoms with Crippen LogP contribution in [0, 0.1) is 10.1 Å². The molecule has 0 heterocycles. The molecule has 2 rings (SSSR count). The summed E-state index contributed by atoms with van der Waals surface area (Å²) in [4.78, 5) is 33.8. The van der Waals surface area contributed by atoms with Gasteiger partial charge in [0.25, 0.3) is 5.69 Å². The maximum atomic E-state index is 11.9. The summed E-state index contributed by atoms with van der Waals surface area (Å²) in [5.41, 5.74) is -0.0444. The number of rotatable bonds is 7. The molecule has 0 aliphatic rings. The lowest BCUT2D eigenvalue weighted by molar-refractivity contribution is -0.385. The molecule has 0 bridgehead atoms. The molecule has 0 fully saturated rings. The van der Waals surface area contributed by atoms with Crippen LogP contribution in [0.25, 0.3) is 0 Å². The predicted molar refractivity (Wildman–Crippen MR) is 97.7 cm³/mol. The number of amides is 1. The minimum absolute atomic E-state index is 0.0437. The number of nitro groups is 1. The molecule has 0 aromatic heterocycles. The summed E-state index contributed by atoms with van der Waals surface area (Å²) < 4.78 is 5.12. The Hall–Kier alpha value is -3.42. The van der Waals surface area contributed by atoms with Crippen LogP contribution in [-0.4, -0.2) is 28.6 Å². The largest absolute Gasteiger partial charge is 0.478 e. The van der Waals surface area contributed by atoms with Crippen molar-refractivity contribution >= 4 is 17.7 Å². The molecule has 8 heteroatoms. The first-order valence-corrected chi connectivity index (χ1v) is 8.17. The highest BCUT2D eigenvalue weighted by Crippen LogP contribution is 2.29. The van der Waals surface area contributed by atoms with E-state index >= 15 is 0 Å². The molecule has 0 saturated carbocycles. The summed E-state index contributed by atoms with van der Waals surface area (Å²) in [6.45, 7) is 3.53. The first-order valence-electron chi connectivity index (χ1n) is 8.17. The summed E-state index contributed by atoms with van der Waals surface area (Å²) in [7, 11) is 0. The number of hydrogen-bond acceptors (Lipinski definition) is 5. The van der Waals surface area contributed by atoms with Crippen LogP contribution in [-0.2, 0) is 16.8 Å². The predicted octanol–water partition coefficient (Wildman–Crippen LogP) is 3.50. The van der Waals surface area contributed by atoms with Crippen LogP contribution in [0.15, 0.2) is 48.5 Å². The molecule has 1 amide bonds. The van der Waals surface area contributed by atoms with Crippen molar-refractivity contribution in [1.29, 1.82) is 0 Å². The molecule has 2 N–H and O–H groups in total. The fourth-order valence-electron chi connectivity index (χ4n) is 2.55. The van der Waals surface area contributed by atoms with Gasteiger partial charge in [0.2, 0.25) is 0 Å². The van der Waals surface area contributed by atoms with E-state index in [0.29, 0.717) is 0 Å². The van der Waals surface area contributed by atoms with E-state index in [2.05, 4.69) is 5.32 Å². The van der Waals surface area contributed by atoms with Gasteiger partial charge in [-0.2, -0.15) is 0 Å². The van der Waals surface area contributed by atoms with E-state index in [9.17, 15) is 24.8 Å². The molecule has 8 nitrogen and oxygen atoms in total. The second-order valence-electron chi connectivity index (χ2n) is 6.59. The van der Waals surface area contributed by atoms with E-state index < -0.39 is 22.4 Å². The van der Waals surface area contributed by atoms with Crippen LogP contribution in [0.1, 0.15) is 35.3 Å². The number of nitro benzene ring substituents is 1. The number of ether oxygens (including phenoxy) is 1. The molecule has 2 aromatic rings. The van der Waals surface area contributed by atoms with Crippen LogP contribution in [0.2, 0.25) is 0 Å². The molecular weight excluding hydrogens is 352 g/mol. The molecule has 0 aliphatic carbocycles. The van der Waals surface area contributed by atoms with Gasteiger partial charge in [0.05, 0.1) is 10.5 Å². The van der Waals surface area contributed by atoms with Gasteiger partial charge >= 0.3 is 12.1 Å². The molecule has 27 heavy (non-hydrogen) atoms. The number of non-ortho nitro benzene ring substituents is 1. The lowest BCUT2D eigenvalue weighted by Gasteiger charge is -2.26. The fraction of sp³-hybridized carbons (Fsp3) is 0.263. The van der Waals surface area contributed by atoms with Gasteiger partial charge in [-0.25, -0.2) is 9.59 Å². The maximum absolute atomic E-state index is 11.9. The third-order valence-corrected chi connectivity index (χ3v) is 4.06. The second kappa shape index (κ2) is 8.31. The summed E-state index contributed by atoms with van der Waals surface area (Å²) in [6, 6.07) is 12.7. The van der Waals surface area contributed by atoms with Crippen LogP contribution >= 0.6 is 0 Å². The number of nitrogens with zero attached hydrogens (tertiary/aromatic N) is 1. The molecule has 142 valence electrons. The Kier molecular flexibility index (Phi) is 6.12. The first-order chi connectivity index (χ1) is 12.7. The lowest BCUT2D eigenvalue weighted by Crippen LogP contribution is -2.38. The van der Waals surface area contributed by atoms with Crippen molar-refractivity contribution in [2.24, 2.45) is 0 Å². The van der Waals surface area contributed by atoms with Crippen LogP contribution in [0.4, 0.5) is 10.5 Å². The first kappa shape index (κ1) is 19.9. The number of alkyl carbamates (subject to hydrolysis) is 1. The Morgan fingerprint density at radius 3 is 2.44 bits per heavy atom. The van der Waals surface area contributed by atoms with Gasteiger partial charge in [-0.1, -0.05) is 44.2 Å². The minimum atomic E-state index is -1.19. The normalized spacial score (nSPS) is 10.9. The molecular formula is C19H20N2O6. The molecule has 0 radical (unpaired) electrons. The van der Waals surface area contributed by atoms with Gasteiger partial charge in [0.1, 0.15) is 6.61 Å². The van der Waals surface area contributed by atoms with Crippen LogP contribution in [0.5, 0.6) is 0 Å². The van der Waals surface area contributed by atoms with E-state index in [1.165, 1.54) is 12.1 Å². The van der Waals surface area contributed by atoms with Gasteiger partial charge in [-0.05, 0) is 17.2 Å². The Bertz CT molecular complexity index is 849.